The van der Waals surface area contributed by atoms with Crippen molar-refractivity contribution in [1.29, 1.82) is 0 Å². The number of hydrogen-bond donors (Lipinski definition) is 4. The number of anilines is 1. The van der Waals surface area contributed by atoms with E-state index in [0.717, 1.165) is 0 Å². The van der Waals surface area contributed by atoms with E-state index in [0.29, 0.717) is 0 Å². The molecular formula is C14H21FN2O4. The van der Waals surface area contributed by atoms with Gasteiger partial charge in [-0.3, -0.25) is 0 Å². The Morgan fingerprint density at radius 3 is 2.62 bits per heavy atom. The Morgan fingerprint density at radius 1 is 1.43 bits per heavy atom. The largest absolute Gasteiger partial charge is 0.444 e. The first kappa shape index (κ1) is 17.2. The number of nitrogen functional groups attached to an aromatic ring is 1. The molecule has 0 saturated carbocycles. The summed E-state index contributed by atoms with van der Waals surface area (Å²) >= 11 is 0. The van der Waals surface area contributed by atoms with Crippen LogP contribution in [0.25, 0.3) is 0 Å². The first-order valence-corrected chi connectivity index (χ1v) is 6.48. The normalized spacial score (nSPS) is 14.4. The summed E-state index contributed by atoms with van der Waals surface area (Å²) < 4.78 is 18.7. The Balaban J connectivity index is 2.61. The SMILES string of the molecule is CC(C)(C)OC(=O)NCC(O)C(O)c1cccc(N)c1F. The molecule has 0 fully saturated rings. The maximum Gasteiger partial charge on any atom is 0.407 e. The van der Waals surface area contributed by atoms with Crippen LogP contribution in [0.3, 0.4) is 0 Å². The van der Waals surface area contributed by atoms with Crippen LogP contribution in [-0.4, -0.2) is 34.6 Å². The highest BCUT2D eigenvalue weighted by molar-refractivity contribution is 5.67. The van der Waals surface area contributed by atoms with Crippen LogP contribution in [0.5, 0.6) is 0 Å². The zero-order valence-corrected chi connectivity index (χ0v) is 12.3. The summed E-state index contributed by atoms with van der Waals surface area (Å²) in [5.41, 5.74) is 4.46. The molecule has 0 bridgehead atoms. The van der Waals surface area contributed by atoms with Gasteiger partial charge in [0.25, 0.3) is 0 Å². The van der Waals surface area contributed by atoms with E-state index in [1.54, 1.807) is 20.8 Å². The minimum Gasteiger partial charge on any atom is -0.444 e. The number of aliphatic hydroxyl groups is 2. The number of carbonyl (C=O) groups excluding carboxylic acids is 1. The van der Waals surface area contributed by atoms with Crippen molar-refractivity contribution in [1.82, 2.24) is 5.32 Å². The van der Waals surface area contributed by atoms with Crippen molar-refractivity contribution in [3.63, 3.8) is 0 Å². The van der Waals surface area contributed by atoms with E-state index >= 15 is 0 Å². The van der Waals surface area contributed by atoms with Crippen LogP contribution < -0.4 is 11.1 Å². The number of benzene rings is 1. The van der Waals surface area contributed by atoms with Crippen LogP contribution in [0, 0.1) is 5.82 Å². The van der Waals surface area contributed by atoms with E-state index in [1.807, 2.05) is 0 Å². The molecule has 7 heteroatoms. The lowest BCUT2D eigenvalue weighted by Gasteiger charge is -2.22. The molecule has 0 spiro atoms. The monoisotopic (exact) mass is 300 g/mol. The fourth-order valence-electron chi connectivity index (χ4n) is 1.62. The van der Waals surface area contributed by atoms with Crippen LogP contribution in [0.1, 0.15) is 32.4 Å². The van der Waals surface area contributed by atoms with Gasteiger partial charge >= 0.3 is 6.09 Å². The zero-order chi connectivity index (χ0) is 16.2. The molecule has 0 aliphatic rings. The Morgan fingerprint density at radius 2 is 2.05 bits per heavy atom. The van der Waals surface area contributed by atoms with E-state index in [1.165, 1.54) is 18.2 Å². The molecule has 1 amide bonds. The number of halogens is 1. The number of carbonyl (C=O) groups is 1. The summed E-state index contributed by atoms with van der Waals surface area (Å²) in [7, 11) is 0. The molecule has 1 rings (SSSR count). The lowest BCUT2D eigenvalue weighted by molar-refractivity contribution is 0.0114. The highest BCUT2D eigenvalue weighted by Crippen LogP contribution is 2.23. The number of amides is 1. The predicted octanol–water partition coefficient (Wildman–Crippen LogP) is 1.33. The van der Waals surface area contributed by atoms with Gasteiger partial charge in [-0.25, -0.2) is 9.18 Å². The molecule has 5 N–H and O–H groups in total. The van der Waals surface area contributed by atoms with Crippen molar-refractivity contribution in [3.8, 4) is 0 Å². The number of nitrogens with two attached hydrogens (primary N) is 1. The van der Waals surface area contributed by atoms with E-state index in [4.69, 9.17) is 10.5 Å². The van der Waals surface area contributed by atoms with Gasteiger partial charge in [-0.05, 0) is 26.8 Å². The minimum atomic E-state index is -1.51. The first-order chi connectivity index (χ1) is 9.61. The lowest BCUT2D eigenvalue weighted by Crippen LogP contribution is -2.39. The standard InChI is InChI=1S/C14H21FN2O4/c1-14(2,3)21-13(20)17-7-10(18)12(19)8-5-4-6-9(16)11(8)15/h4-6,10,12,18-19H,7,16H2,1-3H3,(H,17,20). The molecule has 0 aliphatic carbocycles. The average molecular weight is 300 g/mol. The summed E-state index contributed by atoms with van der Waals surface area (Å²) in [6.07, 6.45) is -3.64. The molecule has 21 heavy (non-hydrogen) atoms. The molecule has 1 aromatic carbocycles. The lowest BCUT2D eigenvalue weighted by atomic mass is 10.0. The molecule has 6 nitrogen and oxygen atoms in total. The van der Waals surface area contributed by atoms with E-state index in [2.05, 4.69) is 5.32 Å². The van der Waals surface area contributed by atoms with Crippen molar-refractivity contribution in [3.05, 3.63) is 29.6 Å². The summed E-state index contributed by atoms with van der Waals surface area (Å²) in [6, 6.07) is 4.12. The second kappa shape index (κ2) is 6.73. The van der Waals surface area contributed by atoms with Gasteiger partial charge in [0.2, 0.25) is 0 Å². The third kappa shape index (κ3) is 5.20. The van der Waals surface area contributed by atoms with Crippen LogP contribution in [-0.2, 0) is 4.74 Å². The summed E-state index contributed by atoms with van der Waals surface area (Å²) in [5, 5.41) is 22.0. The molecule has 2 unspecified atom stereocenters. The fourth-order valence-corrected chi connectivity index (χ4v) is 1.62. The van der Waals surface area contributed by atoms with Crippen molar-refractivity contribution in [2.24, 2.45) is 0 Å². The molecule has 0 heterocycles. The van der Waals surface area contributed by atoms with Crippen molar-refractivity contribution < 1.29 is 24.1 Å². The molecule has 2 atom stereocenters. The van der Waals surface area contributed by atoms with Crippen LogP contribution >= 0.6 is 0 Å². The molecule has 0 radical (unpaired) electrons. The maximum atomic E-state index is 13.7. The highest BCUT2D eigenvalue weighted by atomic mass is 19.1. The third-order valence-corrected chi connectivity index (χ3v) is 2.60. The van der Waals surface area contributed by atoms with Gasteiger partial charge in [-0.1, -0.05) is 12.1 Å². The summed E-state index contributed by atoms with van der Waals surface area (Å²) in [4.78, 5) is 11.4. The Hall–Kier alpha value is -1.86. The van der Waals surface area contributed by atoms with Gasteiger partial charge < -0.3 is 26.0 Å². The fraction of sp³-hybridized carbons (Fsp3) is 0.500. The van der Waals surface area contributed by atoms with Gasteiger partial charge in [0.05, 0.1) is 5.69 Å². The quantitative estimate of drug-likeness (QED) is 0.628. The zero-order valence-electron chi connectivity index (χ0n) is 12.3. The third-order valence-electron chi connectivity index (χ3n) is 2.60. The Kier molecular flexibility index (Phi) is 5.51. The van der Waals surface area contributed by atoms with Gasteiger partial charge in [0.1, 0.15) is 17.8 Å². The van der Waals surface area contributed by atoms with Crippen molar-refractivity contribution in [2.75, 3.05) is 12.3 Å². The van der Waals surface area contributed by atoms with Gasteiger partial charge in [-0.15, -0.1) is 0 Å². The smallest absolute Gasteiger partial charge is 0.407 e. The van der Waals surface area contributed by atoms with Crippen LogP contribution in [0.2, 0.25) is 0 Å². The number of nitrogens with one attached hydrogen (secondary N) is 1. The number of rotatable bonds is 4. The Labute approximate surface area is 122 Å². The van der Waals surface area contributed by atoms with Crippen LogP contribution in [0.4, 0.5) is 14.9 Å². The van der Waals surface area contributed by atoms with Crippen LogP contribution in [0.15, 0.2) is 18.2 Å². The molecule has 0 saturated heterocycles. The maximum absolute atomic E-state index is 13.7. The van der Waals surface area contributed by atoms with Gasteiger partial charge in [0.15, 0.2) is 5.82 Å². The highest BCUT2D eigenvalue weighted by Gasteiger charge is 2.24. The molecule has 118 valence electrons. The molecular weight excluding hydrogens is 279 g/mol. The predicted molar refractivity (Wildman–Crippen MR) is 76.0 cm³/mol. The van der Waals surface area contributed by atoms with E-state index in [9.17, 15) is 19.4 Å². The summed E-state index contributed by atoms with van der Waals surface area (Å²) in [6.45, 7) is 4.80. The number of ether oxygens (including phenoxy) is 1. The molecule has 0 aromatic heterocycles. The van der Waals surface area contributed by atoms with E-state index in [-0.39, 0.29) is 17.8 Å². The van der Waals surface area contributed by atoms with E-state index < -0.39 is 29.7 Å². The minimum absolute atomic E-state index is 0.126. The van der Waals surface area contributed by atoms with Crippen molar-refractivity contribution in [2.45, 2.75) is 38.6 Å². The van der Waals surface area contributed by atoms with Gasteiger partial charge in [-0.2, -0.15) is 0 Å². The summed E-state index contributed by atoms with van der Waals surface area (Å²) in [5.74, 6) is -0.790. The number of hydrogen-bond acceptors (Lipinski definition) is 5. The van der Waals surface area contributed by atoms with Crippen molar-refractivity contribution >= 4 is 11.8 Å². The molecule has 0 aliphatic heterocycles. The average Bonchev–Trinajstić information content (AvgIpc) is 2.36. The van der Waals surface area contributed by atoms with Gasteiger partial charge in [0, 0.05) is 12.1 Å². The second-order valence-electron chi connectivity index (χ2n) is 5.65. The number of aliphatic hydroxyl groups excluding tert-OH is 2. The first-order valence-electron chi connectivity index (χ1n) is 6.48. The second-order valence-corrected chi connectivity index (χ2v) is 5.65. The Bertz CT molecular complexity index is 502. The molecule has 1 aromatic rings. The number of alkyl carbamates (subject to hydrolysis) is 1. The topological polar surface area (TPSA) is 105 Å².